The Kier molecular flexibility index (Phi) is 5.11. The van der Waals surface area contributed by atoms with Gasteiger partial charge in [0.1, 0.15) is 25.4 Å². The molecule has 0 saturated heterocycles. The number of nitro groups is 1. The summed E-state index contributed by atoms with van der Waals surface area (Å²) in [5.41, 5.74) is 2.36. The van der Waals surface area contributed by atoms with Crippen molar-refractivity contribution in [3.05, 3.63) is 88.0 Å². The summed E-state index contributed by atoms with van der Waals surface area (Å²) in [4.78, 5) is 23.2. The van der Waals surface area contributed by atoms with Gasteiger partial charge in [-0.05, 0) is 16.7 Å². The predicted octanol–water partition coefficient (Wildman–Crippen LogP) is 4.39. The Morgan fingerprint density at radius 2 is 1.55 bits per heavy atom. The van der Waals surface area contributed by atoms with Crippen LogP contribution in [0.1, 0.15) is 15.9 Å². The van der Waals surface area contributed by atoms with Gasteiger partial charge in [-0.15, -0.1) is 0 Å². The van der Waals surface area contributed by atoms with Crippen molar-refractivity contribution in [3.63, 3.8) is 0 Å². The second-order valence-electron chi connectivity index (χ2n) is 6.41. The van der Waals surface area contributed by atoms with Crippen molar-refractivity contribution in [1.29, 1.82) is 0 Å². The number of fused-ring (bicyclic) bond motifs is 1. The number of esters is 1. The first-order chi connectivity index (χ1) is 14.1. The number of ether oxygens (including phenoxy) is 3. The number of carbonyl (C=O) groups excluding carboxylic acids is 1. The number of carbonyl (C=O) groups is 1. The molecule has 146 valence electrons. The number of benzene rings is 3. The Balaban J connectivity index is 1.49. The third-order valence-corrected chi connectivity index (χ3v) is 4.51. The minimum atomic E-state index is -0.791. The Morgan fingerprint density at radius 3 is 2.21 bits per heavy atom. The topological polar surface area (TPSA) is 87.9 Å². The lowest BCUT2D eigenvalue weighted by Crippen LogP contribution is -2.17. The molecule has 0 N–H and O–H groups in total. The Labute approximate surface area is 166 Å². The summed E-state index contributed by atoms with van der Waals surface area (Å²) in [7, 11) is 0. The number of nitro benzene ring substituents is 1. The van der Waals surface area contributed by atoms with Gasteiger partial charge in [0.25, 0.3) is 5.69 Å². The molecule has 0 saturated carbocycles. The summed E-state index contributed by atoms with van der Waals surface area (Å²) >= 11 is 0. The zero-order valence-electron chi connectivity index (χ0n) is 15.4. The van der Waals surface area contributed by atoms with Crippen LogP contribution in [0.5, 0.6) is 11.5 Å². The number of hydrogen-bond donors (Lipinski definition) is 0. The van der Waals surface area contributed by atoms with E-state index in [4.69, 9.17) is 14.2 Å². The zero-order chi connectivity index (χ0) is 20.2. The molecule has 0 fully saturated rings. The van der Waals surface area contributed by atoms with E-state index >= 15 is 0 Å². The molecular formula is C22H17NO6. The van der Waals surface area contributed by atoms with E-state index in [-0.39, 0.29) is 23.6 Å². The fourth-order valence-corrected chi connectivity index (χ4v) is 3.04. The van der Waals surface area contributed by atoms with Crippen molar-refractivity contribution in [2.45, 2.75) is 6.61 Å². The quantitative estimate of drug-likeness (QED) is 0.364. The fraction of sp³-hybridized carbons (Fsp3) is 0.136. The highest BCUT2D eigenvalue weighted by Gasteiger charge is 2.27. The van der Waals surface area contributed by atoms with Gasteiger partial charge in [0.2, 0.25) is 0 Å². The SMILES string of the molecule is O=C(OCc1ccc(-c2ccccc2)cc1)c1cc2c(cc1[N+](=O)[O-])OCCO2. The van der Waals surface area contributed by atoms with Crippen molar-refractivity contribution >= 4 is 11.7 Å². The normalized spacial score (nSPS) is 12.3. The molecule has 3 aromatic rings. The van der Waals surface area contributed by atoms with Crippen LogP contribution in [0.2, 0.25) is 0 Å². The monoisotopic (exact) mass is 391 g/mol. The smallest absolute Gasteiger partial charge is 0.345 e. The van der Waals surface area contributed by atoms with E-state index in [9.17, 15) is 14.9 Å². The molecule has 7 nitrogen and oxygen atoms in total. The summed E-state index contributed by atoms with van der Waals surface area (Å²) in [6, 6.07) is 20.0. The summed E-state index contributed by atoms with van der Waals surface area (Å²) in [5.74, 6) is -0.252. The van der Waals surface area contributed by atoms with Gasteiger partial charge in [-0.1, -0.05) is 54.6 Å². The molecule has 29 heavy (non-hydrogen) atoms. The van der Waals surface area contributed by atoms with Gasteiger partial charge in [-0.3, -0.25) is 10.1 Å². The maximum atomic E-state index is 12.5. The third kappa shape index (κ3) is 4.03. The molecule has 3 aromatic carbocycles. The largest absolute Gasteiger partial charge is 0.486 e. The molecule has 1 aliphatic rings. The van der Waals surface area contributed by atoms with Gasteiger partial charge in [-0.25, -0.2) is 4.79 Å². The molecule has 7 heteroatoms. The molecule has 0 aliphatic carbocycles. The highest BCUT2D eigenvalue weighted by molar-refractivity contribution is 5.95. The molecule has 0 bridgehead atoms. The molecule has 1 heterocycles. The van der Waals surface area contributed by atoms with Gasteiger partial charge in [0, 0.05) is 6.07 Å². The molecule has 0 atom stereocenters. The van der Waals surface area contributed by atoms with E-state index < -0.39 is 10.9 Å². The van der Waals surface area contributed by atoms with E-state index in [2.05, 4.69) is 0 Å². The minimum Gasteiger partial charge on any atom is -0.486 e. The second-order valence-corrected chi connectivity index (χ2v) is 6.41. The molecule has 0 amide bonds. The summed E-state index contributed by atoms with van der Waals surface area (Å²) in [5, 5.41) is 11.4. The average molecular weight is 391 g/mol. The van der Waals surface area contributed by atoms with E-state index in [1.54, 1.807) is 0 Å². The van der Waals surface area contributed by atoms with Crippen molar-refractivity contribution in [1.82, 2.24) is 0 Å². The summed E-state index contributed by atoms with van der Waals surface area (Å²) in [6.45, 7) is 0.611. The van der Waals surface area contributed by atoms with E-state index in [1.165, 1.54) is 12.1 Å². The maximum Gasteiger partial charge on any atom is 0.345 e. The average Bonchev–Trinajstić information content (AvgIpc) is 2.77. The van der Waals surface area contributed by atoms with Crippen molar-refractivity contribution < 1.29 is 23.9 Å². The van der Waals surface area contributed by atoms with Crippen LogP contribution in [0.3, 0.4) is 0 Å². The van der Waals surface area contributed by atoms with Crippen molar-refractivity contribution in [2.24, 2.45) is 0 Å². The third-order valence-electron chi connectivity index (χ3n) is 4.51. The Bertz CT molecular complexity index is 1050. The molecule has 0 spiro atoms. The first-order valence-corrected chi connectivity index (χ1v) is 9.01. The maximum absolute atomic E-state index is 12.5. The van der Waals surface area contributed by atoms with Crippen molar-refractivity contribution in [2.75, 3.05) is 13.2 Å². The van der Waals surface area contributed by atoms with Crippen LogP contribution in [0.4, 0.5) is 5.69 Å². The Morgan fingerprint density at radius 1 is 0.931 bits per heavy atom. The summed E-state index contributed by atoms with van der Waals surface area (Å²) < 4.78 is 16.1. The van der Waals surface area contributed by atoms with Gasteiger partial charge in [0.05, 0.1) is 11.0 Å². The van der Waals surface area contributed by atoms with E-state index in [1.807, 2.05) is 54.6 Å². The predicted molar refractivity (Wildman–Crippen MR) is 105 cm³/mol. The molecule has 1 aliphatic heterocycles. The Hall–Kier alpha value is -3.87. The van der Waals surface area contributed by atoms with Crippen LogP contribution < -0.4 is 9.47 Å². The molecule has 0 unspecified atom stereocenters. The van der Waals surface area contributed by atoms with Crippen LogP contribution in [-0.2, 0) is 11.3 Å². The first-order valence-electron chi connectivity index (χ1n) is 9.01. The van der Waals surface area contributed by atoms with Crippen LogP contribution in [0.25, 0.3) is 11.1 Å². The molecular weight excluding hydrogens is 374 g/mol. The first kappa shape index (κ1) is 18.5. The van der Waals surface area contributed by atoms with Gasteiger partial charge in [0.15, 0.2) is 11.5 Å². The van der Waals surface area contributed by atoms with Gasteiger partial charge < -0.3 is 14.2 Å². The molecule has 0 aromatic heterocycles. The highest BCUT2D eigenvalue weighted by atomic mass is 16.6. The number of rotatable bonds is 5. The number of hydrogen-bond acceptors (Lipinski definition) is 6. The lowest BCUT2D eigenvalue weighted by Gasteiger charge is -2.18. The van der Waals surface area contributed by atoms with Crippen molar-refractivity contribution in [3.8, 4) is 22.6 Å². The van der Waals surface area contributed by atoms with E-state index in [0.29, 0.717) is 19.0 Å². The zero-order valence-corrected chi connectivity index (χ0v) is 15.4. The van der Waals surface area contributed by atoms with Crippen LogP contribution in [0.15, 0.2) is 66.7 Å². The van der Waals surface area contributed by atoms with Crippen LogP contribution >= 0.6 is 0 Å². The standard InChI is InChI=1S/C22H17NO6/c24-22(18-12-20-21(28-11-10-27-20)13-19(18)23(25)26)29-14-15-6-8-17(9-7-15)16-4-2-1-3-5-16/h1-9,12-13H,10-11,14H2. The van der Waals surface area contributed by atoms with Gasteiger partial charge >= 0.3 is 5.97 Å². The molecule has 0 radical (unpaired) electrons. The lowest BCUT2D eigenvalue weighted by atomic mass is 10.0. The van der Waals surface area contributed by atoms with Crippen LogP contribution in [0, 0.1) is 10.1 Å². The van der Waals surface area contributed by atoms with Gasteiger partial charge in [-0.2, -0.15) is 0 Å². The molecule has 4 rings (SSSR count). The van der Waals surface area contributed by atoms with E-state index in [0.717, 1.165) is 16.7 Å². The second kappa shape index (κ2) is 8.02. The minimum absolute atomic E-state index is 0.000497. The van der Waals surface area contributed by atoms with Crippen LogP contribution in [-0.4, -0.2) is 24.1 Å². The fourth-order valence-electron chi connectivity index (χ4n) is 3.04. The number of nitrogens with zero attached hydrogens (tertiary/aromatic N) is 1. The highest BCUT2D eigenvalue weighted by Crippen LogP contribution is 2.37. The lowest BCUT2D eigenvalue weighted by molar-refractivity contribution is -0.385. The summed E-state index contributed by atoms with van der Waals surface area (Å²) in [6.07, 6.45) is 0.